The summed E-state index contributed by atoms with van der Waals surface area (Å²) in [5.74, 6) is -0.116. The monoisotopic (exact) mass is 283 g/mol. The van der Waals surface area contributed by atoms with E-state index in [-0.39, 0.29) is 36.2 Å². The van der Waals surface area contributed by atoms with Crippen molar-refractivity contribution in [1.29, 1.82) is 0 Å². The van der Waals surface area contributed by atoms with E-state index < -0.39 is 0 Å². The molecule has 1 rings (SSSR count). The van der Waals surface area contributed by atoms with Crippen LogP contribution in [0.2, 0.25) is 0 Å². The predicted molar refractivity (Wildman–Crippen MR) is 80.1 cm³/mol. The first-order valence-electron chi connectivity index (χ1n) is 7.58. The number of amides is 2. The minimum atomic E-state index is -0.153. The Balaban J connectivity index is 2.23. The molecule has 0 bridgehead atoms. The molecule has 0 aliphatic carbocycles. The molecule has 0 spiro atoms. The van der Waals surface area contributed by atoms with Crippen molar-refractivity contribution in [3.05, 3.63) is 0 Å². The van der Waals surface area contributed by atoms with Gasteiger partial charge in [0.15, 0.2) is 0 Å². The molecule has 5 nitrogen and oxygen atoms in total. The van der Waals surface area contributed by atoms with Gasteiger partial charge in [0.25, 0.3) is 0 Å². The first-order valence-corrected chi connectivity index (χ1v) is 7.58. The number of nitrogens with zero attached hydrogens (tertiary/aromatic N) is 1. The Morgan fingerprint density at radius 2 is 1.80 bits per heavy atom. The maximum absolute atomic E-state index is 11.9. The first kappa shape index (κ1) is 17.0. The van der Waals surface area contributed by atoms with Crippen LogP contribution in [0.5, 0.6) is 0 Å². The van der Waals surface area contributed by atoms with Crippen molar-refractivity contribution in [2.45, 2.75) is 58.9 Å². The second-order valence-electron chi connectivity index (χ2n) is 6.95. The molecule has 0 saturated carbocycles. The van der Waals surface area contributed by atoms with Crippen LogP contribution in [0, 0.1) is 5.41 Å². The molecule has 0 aromatic rings. The minimum Gasteiger partial charge on any atom is -0.347 e. The van der Waals surface area contributed by atoms with Crippen molar-refractivity contribution in [1.82, 2.24) is 10.2 Å². The summed E-state index contributed by atoms with van der Waals surface area (Å²) < 4.78 is 0. The summed E-state index contributed by atoms with van der Waals surface area (Å²) in [7, 11) is 0. The Morgan fingerprint density at radius 1 is 1.20 bits per heavy atom. The number of carbonyl (C=O) groups excluding carboxylic acids is 2. The van der Waals surface area contributed by atoms with E-state index in [1.165, 1.54) is 6.42 Å². The third kappa shape index (κ3) is 6.89. The van der Waals surface area contributed by atoms with Gasteiger partial charge in [0.05, 0.1) is 6.54 Å². The number of rotatable bonds is 5. The second kappa shape index (κ2) is 7.62. The third-order valence-corrected chi connectivity index (χ3v) is 3.47. The molecule has 1 heterocycles. The summed E-state index contributed by atoms with van der Waals surface area (Å²) >= 11 is 0. The molecular formula is C15H29N3O2. The maximum atomic E-state index is 11.9. The average molecular weight is 283 g/mol. The largest absolute Gasteiger partial charge is 0.347 e. The molecule has 3 N–H and O–H groups in total. The van der Waals surface area contributed by atoms with E-state index >= 15 is 0 Å². The molecule has 0 aromatic heterocycles. The van der Waals surface area contributed by atoms with Gasteiger partial charge in [-0.05, 0) is 31.1 Å². The number of piperidine rings is 1. The van der Waals surface area contributed by atoms with Crippen LogP contribution in [0.25, 0.3) is 0 Å². The van der Waals surface area contributed by atoms with Crippen molar-refractivity contribution in [3.63, 3.8) is 0 Å². The summed E-state index contributed by atoms with van der Waals surface area (Å²) in [4.78, 5) is 25.5. The van der Waals surface area contributed by atoms with Crippen LogP contribution < -0.4 is 11.1 Å². The van der Waals surface area contributed by atoms with Crippen LogP contribution in [-0.2, 0) is 9.59 Å². The summed E-state index contributed by atoms with van der Waals surface area (Å²) in [5, 5.41) is 2.69. The normalized spacial score (nSPS) is 17.7. The molecule has 2 amide bonds. The van der Waals surface area contributed by atoms with Gasteiger partial charge in [-0.15, -0.1) is 0 Å². The molecule has 20 heavy (non-hydrogen) atoms. The molecule has 116 valence electrons. The minimum absolute atomic E-state index is 0.0162. The molecular weight excluding hydrogens is 254 g/mol. The maximum Gasteiger partial charge on any atom is 0.241 e. The van der Waals surface area contributed by atoms with Crippen molar-refractivity contribution >= 4 is 11.8 Å². The number of nitrogens with one attached hydrogen (secondary N) is 1. The van der Waals surface area contributed by atoms with Crippen molar-refractivity contribution in [2.75, 3.05) is 19.6 Å². The van der Waals surface area contributed by atoms with E-state index in [1.54, 1.807) is 0 Å². The predicted octanol–water partition coefficient (Wildman–Crippen LogP) is 1.27. The molecule has 1 saturated heterocycles. The number of hydrogen-bond donors (Lipinski definition) is 2. The van der Waals surface area contributed by atoms with Crippen molar-refractivity contribution in [3.8, 4) is 0 Å². The molecule has 1 fully saturated rings. The second-order valence-corrected chi connectivity index (χ2v) is 6.95. The molecule has 1 aliphatic rings. The lowest BCUT2D eigenvalue weighted by Gasteiger charge is -2.27. The van der Waals surface area contributed by atoms with Gasteiger partial charge in [-0.1, -0.05) is 20.8 Å². The van der Waals surface area contributed by atoms with Gasteiger partial charge in [-0.3, -0.25) is 9.59 Å². The Bertz CT molecular complexity index is 331. The van der Waals surface area contributed by atoms with E-state index in [0.717, 1.165) is 32.4 Å². The van der Waals surface area contributed by atoms with E-state index in [0.29, 0.717) is 0 Å². The zero-order valence-corrected chi connectivity index (χ0v) is 13.1. The van der Waals surface area contributed by atoms with Crippen LogP contribution in [0.1, 0.15) is 52.9 Å². The highest BCUT2D eigenvalue weighted by molar-refractivity contribution is 5.85. The lowest BCUT2D eigenvalue weighted by atomic mass is 9.87. The van der Waals surface area contributed by atoms with Crippen LogP contribution in [0.15, 0.2) is 0 Å². The van der Waals surface area contributed by atoms with E-state index in [2.05, 4.69) is 26.1 Å². The molecule has 5 heteroatoms. The van der Waals surface area contributed by atoms with Gasteiger partial charge in [0.1, 0.15) is 0 Å². The summed E-state index contributed by atoms with van der Waals surface area (Å²) in [5.41, 5.74) is 6.07. The highest BCUT2D eigenvalue weighted by atomic mass is 16.2. The van der Waals surface area contributed by atoms with E-state index in [1.807, 2.05) is 4.90 Å². The fourth-order valence-electron chi connectivity index (χ4n) is 2.60. The van der Waals surface area contributed by atoms with Crippen LogP contribution in [0.4, 0.5) is 0 Å². The fraction of sp³-hybridized carbons (Fsp3) is 0.867. The standard InChI is InChI=1S/C15H29N3O2/c1-15(2,3)10-12(16)9-13(19)17-11-14(20)18-7-5-4-6-8-18/h12H,4-11,16H2,1-3H3,(H,17,19). The Kier molecular flexibility index (Phi) is 6.46. The molecule has 0 aromatic carbocycles. The highest BCUT2D eigenvalue weighted by Gasteiger charge is 2.20. The molecule has 1 atom stereocenters. The first-order chi connectivity index (χ1) is 9.28. The number of hydrogen-bond acceptors (Lipinski definition) is 3. The van der Waals surface area contributed by atoms with Gasteiger partial charge in [-0.2, -0.15) is 0 Å². The Hall–Kier alpha value is -1.10. The average Bonchev–Trinajstić information content (AvgIpc) is 2.34. The van der Waals surface area contributed by atoms with Crippen molar-refractivity contribution < 1.29 is 9.59 Å². The van der Waals surface area contributed by atoms with Gasteiger partial charge < -0.3 is 16.0 Å². The Morgan fingerprint density at radius 3 is 2.35 bits per heavy atom. The van der Waals surface area contributed by atoms with Crippen LogP contribution in [-0.4, -0.2) is 42.4 Å². The molecule has 1 unspecified atom stereocenters. The lowest BCUT2D eigenvalue weighted by molar-refractivity contribution is -0.133. The SMILES string of the molecule is CC(C)(C)CC(N)CC(=O)NCC(=O)N1CCCCC1. The third-order valence-electron chi connectivity index (χ3n) is 3.47. The highest BCUT2D eigenvalue weighted by Crippen LogP contribution is 2.20. The topological polar surface area (TPSA) is 75.4 Å². The number of carbonyl (C=O) groups is 2. The van der Waals surface area contributed by atoms with Gasteiger partial charge in [0.2, 0.25) is 11.8 Å². The summed E-state index contributed by atoms with van der Waals surface area (Å²) in [6.07, 6.45) is 4.40. The van der Waals surface area contributed by atoms with Crippen LogP contribution >= 0.6 is 0 Å². The van der Waals surface area contributed by atoms with Gasteiger partial charge in [-0.25, -0.2) is 0 Å². The van der Waals surface area contributed by atoms with Crippen molar-refractivity contribution in [2.24, 2.45) is 11.1 Å². The van der Waals surface area contributed by atoms with Gasteiger partial charge >= 0.3 is 0 Å². The number of likely N-dealkylation sites (tertiary alicyclic amines) is 1. The van der Waals surface area contributed by atoms with E-state index in [4.69, 9.17) is 5.73 Å². The molecule has 1 aliphatic heterocycles. The summed E-state index contributed by atoms with van der Waals surface area (Å²) in [6, 6.07) is -0.153. The number of nitrogens with two attached hydrogens (primary N) is 1. The lowest BCUT2D eigenvalue weighted by Crippen LogP contribution is -2.43. The molecule has 0 radical (unpaired) electrons. The van der Waals surface area contributed by atoms with E-state index in [9.17, 15) is 9.59 Å². The smallest absolute Gasteiger partial charge is 0.241 e. The summed E-state index contributed by atoms with van der Waals surface area (Å²) in [6.45, 7) is 8.04. The van der Waals surface area contributed by atoms with Gasteiger partial charge in [0, 0.05) is 25.6 Å². The quantitative estimate of drug-likeness (QED) is 0.798. The van der Waals surface area contributed by atoms with Crippen LogP contribution in [0.3, 0.4) is 0 Å². The Labute approximate surface area is 122 Å². The zero-order valence-electron chi connectivity index (χ0n) is 13.1. The zero-order chi connectivity index (χ0) is 15.2. The fourth-order valence-corrected chi connectivity index (χ4v) is 2.60.